The van der Waals surface area contributed by atoms with Crippen LogP contribution in [-0.2, 0) is 6.42 Å². The lowest BCUT2D eigenvalue weighted by atomic mass is 9.98. The fraction of sp³-hybridized carbons (Fsp3) is 0.212. The smallest absolute Gasteiger partial charge is 0.103 e. The minimum Gasteiger partial charge on any atom is -0.343 e. The van der Waals surface area contributed by atoms with E-state index in [0.29, 0.717) is 0 Å². The zero-order chi connectivity index (χ0) is 25.7. The molecule has 0 saturated carbocycles. The van der Waals surface area contributed by atoms with Gasteiger partial charge >= 0.3 is 0 Å². The molecule has 182 valence electrons. The molecular formula is C33H35N3. The Bertz CT molecular complexity index is 1390. The van der Waals surface area contributed by atoms with E-state index in [0.717, 1.165) is 46.2 Å². The fourth-order valence-electron chi connectivity index (χ4n) is 4.58. The Labute approximate surface area is 215 Å². The van der Waals surface area contributed by atoms with Crippen LogP contribution in [0.1, 0.15) is 41.7 Å². The summed E-state index contributed by atoms with van der Waals surface area (Å²) in [6, 6.07) is 29.6. The third-order valence-corrected chi connectivity index (χ3v) is 6.54. The van der Waals surface area contributed by atoms with Crippen LogP contribution >= 0.6 is 0 Å². The molecule has 0 spiro atoms. The Morgan fingerprint density at radius 1 is 0.639 bits per heavy atom. The van der Waals surface area contributed by atoms with E-state index in [1.807, 2.05) is 13.0 Å². The van der Waals surface area contributed by atoms with Crippen molar-refractivity contribution in [3.05, 3.63) is 113 Å². The van der Waals surface area contributed by atoms with Crippen LogP contribution < -0.4 is 5.32 Å². The lowest BCUT2D eigenvalue weighted by Gasteiger charge is -2.13. The van der Waals surface area contributed by atoms with Crippen molar-refractivity contribution in [1.29, 1.82) is 0 Å². The second-order valence-corrected chi connectivity index (χ2v) is 9.55. The zero-order valence-corrected chi connectivity index (χ0v) is 22.2. The molecule has 36 heavy (non-hydrogen) atoms. The molecule has 0 aliphatic carbocycles. The first-order valence-electron chi connectivity index (χ1n) is 12.5. The van der Waals surface area contributed by atoms with Crippen molar-refractivity contribution in [1.82, 2.24) is 0 Å². The Morgan fingerprint density at radius 2 is 1.22 bits per heavy atom. The van der Waals surface area contributed by atoms with Gasteiger partial charge in [0.25, 0.3) is 0 Å². The van der Waals surface area contributed by atoms with Crippen LogP contribution in [0, 0.1) is 27.7 Å². The van der Waals surface area contributed by atoms with Gasteiger partial charge in [0.1, 0.15) is 5.84 Å². The van der Waals surface area contributed by atoms with Gasteiger partial charge in [0.15, 0.2) is 0 Å². The minimum atomic E-state index is 0.864. The molecule has 3 heteroatoms. The van der Waals surface area contributed by atoms with Crippen LogP contribution in [0.3, 0.4) is 0 Å². The first-order valence-corrected chi connectivity index (χ1v) is 12.5. The molecule has 0 amide bonds. The average Bonchev–Trinajstić information content (AvgIpc) is 2.85. The number of amidine groups is 1. The summed E-state index contributed by atoms with van der Waals surface area (Å²) in [4.78, 5) is 9.76. The van der Waals surface area contributed by atoms with Gasteiger partial charge in [-0.25, -0.2) is 4.99 Å². The molecular weight excluding hydrogens is 438 g/mol. The van der Waals surface area contributed by atoms with Gasteiger partial charge in [-0.3, -0.25) is 4.99 Å². The van der Waals surface area contributed by atoms with Gasteiger partial charge in [0, 0.05) is 23.4 Å². The highest BCUT2D eigenvalue weighted by Crippen LogP contribution is 2.30. The normalized spacial score (nSPS) is 12.1. The highest BCUT2D eigenvalue weighted by Gasteiger charge is 2.08. The molecule has 0 aromatic heterocycles. The lowest BCUT2D eigenvalue weighted by Crippen LogP contribution is -2.08. The highest BCUT2D eigenvalue weighted by molar-refractivity contribution is 5.99. The standard InChI is InChI=1S/C33H35N3/c1-22-11-9-12-23(2)31(22)21-26(5)34-29-19-17-28(18-20-29)30-15-7-8-16-32(30)35-27(6)36-33-24(3)13-10-14-25(33)4/h7-20H,21H2,1-6H3,(H,35,36). The molecule has 0 aliphatic rings. The number of aliphatic imine (C=N–C) groups is 2. The molecule has 0 fully saturated rings. The van der Waals surface area contributed by atoms with Crippen LogP contribution in [0.25, 0.3) is 11.1 Å². The Balaban J connectivity index is 1.54. The predicted octanol–water partition coefficient (Wildman–Crippen LogP) is 9.08. The van der Waals surface area contributed by atoms with E-state index in [-0.39, 0.29) is 0 Å². The van der Waals surface area contributed by atoms with Crippen LogP contribution in [0.15, 0.2) is 94.9 Å². The topological polar surface area (TPSA) is 36.8 Å². The first kappa shape index (κ1) is 25.1. The van der Waals surface area contributed by atoms with E-state index in [2.05, 4.69) is 119 Å². The second-order valence-electron chi connectivity index (χ2n) is 9.55. The fourth-order valence-corrected chi connectivity index (χ4v) is 4.58. The third kappa shape index (κ3) is 5.98. The van der Waals surface area contributed by atoms with Crippen molar-refractivity contribution in [2.24, 2.45) is 9.98 Å². The number of benzene rings is 4. The van der Waals surface area contributed by atoms with E-state index in [4.69, 9.17) is 9.98 Å². The number of nitrogens with zero attached hydrogens (tertiary/aromatic N) is 2. The van der Waals surface area contributed by atoms with Crippen molar-refractivity contribution < 1.29 is 0 Å². The van der Waals surface area contributed by atoms with E-state index >= 15 is 0 Å². The second kappa shape index (κ2) is 11.2. The van der Waals surface area contributed by atoms with Crippen molar-refractivity contribution in [2.45, 2.75) is 48.0 Å². The first-order chi connectivity index (χ1) is 17.3. The average molecular weight is 474 g/mol. The van der Waals surface area contributed by atoms with Gasteiger partial charge in [-0.15, -0.1) is 0 Å². The molecule has 0 radical (unpaired) electrons. The van der Waals surface area contributed by atoms with Crippen LogP contribution in [-0.4, -0.2) is 11.5 Å². The van der Waals surface area contributed by atoms with Gasteiger partial charge in [-0.05, 0) is 93.1 Å². The summed E-state index contributed by atoms with van der Waals surface area (Å²) in [6.45, 7) is 12.7. The predicted molar refractivity (Wildman–Crippen MR) is 157 cm³/mol. The maximum atomic E-state index is 4.89. The van der Waals surface area contributed by atoms with Crippen molar-refractivity contribution in [2.75, 3.05) is 5.32 Å². The number of nitrogens with one attached hydrogen (secondary N) is 1. The van der Waals surface area contributed by atoms with Crippen molar-refractivity contribution in [3.63, 3.8) is 0 Å². The summed E-state index contributed by atoms with van der Waals surface area (Å²) in [7, 11) is 0. The van der Waals surface area contributed by atoms with Crippen LogP contribution in [0.5, 0.6) is 0 Å². The molecule has 0 unspecified atom stereocenters. The van der Waals surface area contributed by atoms with E-state index in [1.54, 1.807) is 0 Å². The summed E-state index contributed by atoms with van der Waals surface area (Å²) >= 11 is 0. The maximum Gasteiger partial charge on any atom is 0.103 e. The quantitative estimate of drug-likeness (QED) is 0.220. The third-order valence-electron chi connectivity index (χ3n) is 6.54. The Morgan fingerprint density at radius 3 is 1.86 bits per heavy atom. The zero-order valence-electron chi connectivity index (χ0n) is 22.2. The summed E-state index contributed by atoms with van der Waals surface area (Å²) in [6.07, 6.45) is 0.867. The van der Waals surface area contributed by atoms with Crippen LogP contribution in [0.4, 0.5) is 17.1 Å². The van der Waals surface area contributed by atoms with Crippen molar-refractivity contribution >= 4 is 28.6 Å². The highest BCUT2D eigenvalue weighted by atomic mass is 15.0. The van der Waals surface area contributed by atoms with Crippen LogP contribution in [0.2, 0.25) is 0 Å². The molecule has 0 heterocycles. The summed E-state index contributed by atoms with van der Waals surface area (Å²) in [5.74, 6) is 0.864. The SMILES string of the molecule is CC(Cc1c(C)cccc1C)=Nc1ccc(-c2ccccc2NC(C)=Nc2c(C)cccc2C)cc1. The molecule has 0 bridgehead atoms. The van der Waals surface area contributed by atoms with Gasteiger partial charge in [0.2, 0.25) is 0 Å². The number of rotatable bonds is 6. The largest absolute Gasteiger partial charge is 0.343 e. The van der Waals surface area contributed by atoms with Gasteiger partial charge in [-0.2, -0.15) is 0 Å². The Hall–Kier alpha value is -3.98. The molecule has 3 nitrogen and oxygen atoms in total. The Kier molecular flexibility index (Phi) is 7.80. The molecule has 4 aromatic rings. The van der Waals surface area contributed by atoms with Crippen molar-refractivity contribution in [3.8, 4) is 11.1 Å². The number of aryl methyl sites for hydroxylation is 4. The van der Waals surface area contributed by atoms with Gasteiger partial charge in [-0.1, -0.05) is 66.7 Å². The summed E-state index contributed by atoms with van der Waals surface area (Å²) < 4.78 is 0. The molecule has 4 rings (SSSR count). The molecule has 4 aromatic carbocycles. The number of para-hydroxylation sites is 2. The number of hydrogen-bond donors (Lipinski definition) is 1. The lowest BCUT2D eigenvalue weighted by molar-refractivity contribution is 1.19. The van der Waals surface area contributed by atoms with E-state index in [1.165, 1.54) is 27.8 Å². The molecule has 1 N–H and O–H groups in total. The van der Waals surface area contributed by atoms with Gasteiger partial charge in [0.05, 0.1) is 11.4 Å². The molecule has 0 saturated heterocycles. The number of anilines is 1. The van der Waals surface area contributed by atoms with E-state index < -0.39 is 0 Å². The molecule has 0 aliphatic heterocycles. The van der Waals surface area contributed by atoms with Gasteiger partial charge < -0.3 is 5.32 Å². The molecule has 0 atom stereocenters. The minimum absolute atomic E-state index is 0.864. The van der Waals surface area contributed by atoms with E-state index in [9.17, 15) is 0 Å². The monoisotopic (exact) mass is 473 g/mol. The maximum absolute atomic E-state index is 4.89. The summed E-state index contributed by atoms with van der Waals surface area (Å²) in [5, 5.41) is 3.52. The number of hydrogen-bond acceptors (Lipinski definition) is 2. The summed E-state index contributed by atoms with van der Waals surface area (Å²) in [5.41, 5.74) is 12.8.